The summed E-state index contributed by atoms with van der Waals surface area (Å²) in [7, 11) is -3.57. The fraction of sp³-hybridized carbons (Fsp3) is 0.200. The molecule has 0 aliphatic carbocycles. The molecule has 3 N–H and O–H groups in total. The van der Waals surface area contributed by atoms with Crippen LogP contribution in [-0.2, 0) is 10.0 Å². The van der Waals surface area contributed by atoms with Crippen LogP contribution in [0.25, 0.3) is 0 Å². The molecule has 0 saturated heterocycles. The average Bonchev–Trinajstić information content (AvgIpc) is 2.48. The van der Waals surface area contributed by atoms with Gasteiger partial charge in [0.2, 0.25) is 0 Å². The highest BCUT2D eigenvalue weighted by Gasteiger charge is 2.14. The van der Waals surface area contributed by atoms with Crippen molar-refractivity contribution >= 4 is 27.5 Å². The van der Waals surface area contributed by atoms with Gasteiger partial charge >= 0.3 is 0 Å². The second-order valence-electron chi connectivity index (χ2n) is 4.69. The topological polar surface area (TPSA) is 72.2 Å². The summed E-state index contributed by atoms with van der Waals surface area (Å²) in [6.45, 7) is 1.86. The molecule has 2 rings (SSSR count). The Morgan fingerprint density at radius 2 is 1.62 bits per heavy atom. The molecular formula is C15H18N2O2S2. The van der Waals surface area contributed by atoms with E-state index in [9.17, 15) is 8.42 Å². The van der Waals surface area contributed by atoms with Crippen molar-refractivity contribution in [2.24, 2.45) is 5.73 Å². The summed E-state index contributed by atoms with van der Waals surface area (Å²) in [5.41, 5.74) is 7.20. The normalized spacial score (nSPS) is 12.9. The number of hydrogen-bond donors (Lipinski definition) is 2. The number of anilines is 1. The second kappa shape index (κ2) is 6.51. The van der Waals surface area contributed by atoms with E-state index in [1.807, 2.05) is 25.3 Å². The second-order valence-corrected chi connectivity index (χ2v) is 7.25. The molecule has 6 heteroatoms. The van der Waals surface area contributed by atoms with E-state index in [1.165, 1.54) is 0 Å². The van der Waals surface area contributed by atoms with E-state index in [1.54, 1.807) is 48.2 Å². The molecule has 4 nitrogen and oxygen atoms in total. The predicted molar refractivity (Wildman–Crippen MR) is 88.1 cm³/mol. The summed E-state index contributed by atoms with van der Waals surface area (Å²) < 4.78 is 27.1. The van der Waals surface area contributed by atoms with Gasteiger partial charge in [0.25, 0.3) is 10.0 Å². The van der Waals surface area contributed by atoms with Gasteiger partial charge in [-0.3, -0.25) is 4.72 Å². The van der Waals surface area contributed by atoms with Gasteiger partial charge in [0.1, 0.15) is 0 Å². The molecule has 0 aromatic heterocycles. The highest BCUT2D eigenvalue weighted by atomic mass is 32.2. The Balaban J connectivity index is 2.20. The van der Waals surface area contributed by atoms with Crippen LogP contribution in [0.2, 0.25) is 0 Å². The maximum Gasteiger partial charge on any atom is 0.261 e. The lowest BCUT2D eigenvalue weighted by molar-refractivity contribution is 0.601. The lowest BCUT2D eigenvalue weighted by atomic mass is 10.1. The van der Waals surface area contributed by atoms with Crippen LogP contribution >= 0.6 is 11.8 Å². The molecule has 2 aromatic carbocycles. The van der Waals surface area contributed by atoms with Crippen molar-refractivity contribution in [3.63, 3.8) is 0 Å². The SMILES string of the molecule is CSc1ccc(NS(=O)(=O)c2ccc(C(C)N)cc2)cc1. The van der Waals surface area contributed by atoms with Crippen molar-refractivity contribution < 1.29 is 8.42 Å². The highest BCUT2D eigenvalue weighted by Crippen LogP contribution is 2.21. The monoisotopic (exact) mass is 322 g/mol. The molecule has 0 radical (unpaired) electrons. The molecule has 0 saturated carbocycles. The van der Waals surface area contributed by atoms with Crippen LogP contribution in [0.4, 0.5) is 5.69 Å². The maximum atomic E-state index is 12.3. The standard InChI is InChI=1S/C15H18N2O2S2/c1-11(16)12-3-9-15(10-4-12)21(18,19)17-13-5-7-14(20-2)8-6-13/h3-11,17H,16H2,1-2H3. The molecular weight excluding hydrogens is 304 g/mol. The minimum absolute atomic E-state index is 0.117. The van der Waals surface area contributed by atoms with Crippen molar-refractivity contribution in [1.82, 2.24) is 0 Å². The fourth-order valence-corrected chi connectivity index (χ4v) is 3.29. The third-order valence-electron chi connectivity index (χ3n) is 3.06. The number of rotatable bonds is 5. The molecule has 21 heavy (non-hydrogen) atoms. The summed E-state index contributed by atoms with van der Waals surface area (Å²) in [4.78, 5) is 1.31. The number of sulfonamides is 1. The molecule has 0 fully saturated rings. The molecule has 0 heterocycles. The van der Waals surface area contributed by atoms with E-state index < -0.39 is 10.0 Å². The van der Waals surface area contributed by atoms with Crippen LogP contribution < -0.4 is 10.5 Å². The molecule has 0 spiro atoms. The first-order valence-corrected chi connectivity index (χ1v) is 9.15. The van der Waals surface area contributed by atoms with Crippen molar-refractivity contribution in [3.05, 3.63) is 54.1 Å². The van der Waals surface area contributed by atoms with E-state index in [-0.39, 0.29) is 10.9 Å². The lowest BCUT2D eigenvalue weighted by Crippen LogP contribution is -2.13. The Morgan fingerprint density at radius 1 is 1.05 bits per heavy atom. The predicted octanol–water partition coefficient (Wildman–Crippen LogP) is 3.23. The van der Waals surface area contributed by atoms with Gasteiger partial charge in [-0.05, 0) is 55.1 Å². The summed E-state index contributed by atoms with van der Waals surface area (Å²) >= 11 is 1.61. The van der Waals surface area contributed by atoms with Gasteiger partial charge in [0, 0.05) is 16.6 Å². The lowest BCUT2D eigenvalue weighted by Gasteiger charge is -2.10. The van der Waals surface area contributed by atoms with Crippen LogP contribution in [0, 0.1) is 0 Å². The van der Waals surface area contributed by atoms with Crippen molar-refractivity contribution in [2.45, 2.75) is 22.8 Å². The number of thioether (sulfide) groups is 1. The third-order valence-corrected chi connectivity index (χ3v) is 5.20. The zero-order valence-corrected chi connectivity index (χ0v) is 13.5. The van der Waals surface area contributed by atoms with Crippen molar-refractivity contribution in [1.29, 1.82) is 0 Å². The van der Waals surface area contributed by atoms with E-state index in [4.69, 9.17) is 5.73 Å². The zero-order chi connectivity index (χ0) is 15.5. The smallest absolute Gasteiger partial charge is 0.261 e. The minimum Gasteiger partial charge on any atom is -0.324 e. The Labute approximate surface area is 129 Å². The molecule has 112 valence electrons. The van der Waals surface area contributed by atoms with Crippen LogP contribution in [0.15, 0.2) is 58.3 Å². The van der Waals surface area contributed by atoms with E-state index in [0.717, 1.165) is 10.5 Å². The van der Waals surface area contributed by atoms with Crippen LogP contribution in [0.3, 0.4) is 0 Å². The Morgan fingerprint density at radius 3 is 2.10 bits per heavy atom. The summed E-state index contributed by atoms with van der Waals surface area (Å²) in [5, 5.41) is 0. The maximum absolute atomic E-state index is 12.3. The summed E-state index contributed by atoms with van der Waals surface area (Å²) in [6, 6.07) is 13.7. The molecule has 0 bridgehead atoms. The van der Waals surface area contributed by atoms with Gasteiger partial charge in [-0.15, -0.1) is 11.8 Å². The first-order chi connectivity index (χ1) is 9.92. The largest absolute Gasteiger partial charge is 0.324 e. The average molecular weight is 322 g/mol. The molecule has 0 aliphatic rings. The van der Waals surface area contributed by atoms with Gasteiger partial charge in [-0.1, -0.05) is 12.1 Å². The quantitative estimate of drug-likeness (QED) is 0.829. The first kappa shape index (κ1) is 15.9. The molecule has 0 amide bonds. The number of nitrogens with one attached hydrogen (secondary N) is 1. The van der Waals surface area contributed by atoms with Gasteiger partial charge in [-0.25, -0.2) is 8.42 Å². The van der Waals surface area contributed by atoms with Gasteiger partial charge in [0.15, 0.2) is 0 Å². The Bertz CT molecular complexity index is 693. The molecule has 1 unspecified atom stereocenters. The number of benzene rings is 2. The van der Waals surface area contributed by atoms with Crippen molar-refractivity contribution in [2.75, 3.05) is 11.0 Å². The minimum atomic E-state index is -3.57. The van der Waals surface area contributed by atoms with E-state index in [2.05, 4.69) is 4.72 Å². The van der Waals surface area contributed by atoms with Crippen molar-refractivity contribution in [3.8, 4) is 0 Å². The molecule has 1 atom stereocenters. The Hall–Kier alpha value is -1.50. The van der Waals surface area contributed by atoms with Gasteiger partial charge < -0.3 is 5.73 Å². The number of hydrogen-bond acceptors (Lipinski definition) is 4. The highest BCUT2D eigenvalue weighted by molar-refractivity contribution is 7.98. The Kier molecular flexibility index (Phi) is 4.92. The fourth-order valence-electron chi connectivity index (χ4n) is 1.82. The zero-order valence-electron chi connectivity index (χ0n) is 11.9. The van der Waals surface area contributed by atoms with Crippen LogP contribution in [-0.4, -0.2) is 14.7 Å². The van der Waals surface area contributed by atoms with Gasteiger partial charge in [-0.2, -0.15) is 0 Å². The van der Waals surface area contributed by atoms with Crippen LogP contribution in [0.5, 0.6) is 0 Å². The summed E-state index contributed by atoms with van der Waals surface area (Å²) in [5.74, 6) is 0. The third kappa shape index (κ3) is 4.00. The first-order valence-electron chi connectivity index (χ1n) is 6.45. The van der Waals surface area contributed by atoms with E-state index >= 15 is 0 Å². The van der Waals surface area contributed by atoms with Gasteiger partial charge in [0.05, 0.1) is 4.90 Å². The summed E-state index contributed by atoms with van der Waals surface area (Å²) in [6.07, 6.45) is 1.97. The number of nitrogens with two attached hydrogens (primary N) is 1. The molecule has 2 aromatic rings. The molecule has 0 aliphatic heterocycles. The van der Waals surface area contributed by atoms with E-state index in [0.29, 0.717) is 5.69 Å². The van der Waals surface area contributed by atoms with Crippen LogP contribution in [0.1, 0.15) is 18.5 Å².